The van der Waals surface area contributed by atoms with Gasteiger partial charge in [-0.25, -0.2) is 0 Å². The van der Waals surface area contributed by atoms with Crippen molar-refractivity contribution in [3.05, 3.63) is 52.1 Å². The summed E-state index contributed by atoms with van der Waals surface area (Å²) in [7, 11) is 1.62. The van der Waals surface area contributed by atoms with E-state index in [9.17, 15) is 14.9 Å². The average molecular weight is 453 g/mol. The van der Waals surface area contributed by atoms with Crippen LogP contribution < -0.4 is 20.3 Å². The van der Waals surface area contributed by atoms with Gasteiger partial charge in [-0.15, -0.1) is 0 Å². The van der Waals surface area contributed by atoms with Gasteiger partial charge in [0, 0.05) is 36.8 Å². The number of ether oxygens (including phenoxy) is 1. The Balaban J connectivity index is 1.37. The third-order valence-corrected chi connectivity index (χ3v) is 6.78. The lowest BCUT2D eigenvalue weighted by Crippen LogP contribution is -2.32. The Bertz CT molecular complexity index is 1010. The Morgan fingerprint density at radius 1 is 1.12 bits per heavy atom. The third-order valence-electron chi connectivity index (χ3n) is 6.78. The summed E-state index contributed by atoms with van der Waals surface area (Å²) >= 11 is 0. The Morgan fingerprint density at radius 3 is 2.52 bits per heavy atom. The number of anilines is 3. The molecule has 0 aromatic heterocycles. The van der Waals surface area contributed by atoms with Gasteiger partial charge in [0.2, 0.25) is 5.91 Å². The second kappa shape index (κ2) is 10.1. The SMILES string of the molecule is COc1cc(NC(=O)C2CCC(Nc3cccc(N4CCCC4)c3[N+](=O)[O-])CC2)ccc1C. The summed E-state index contributed by atoms with van der Waals surface area (Å²) in [5.74, 6) is 0.695. The number of benzene rings is 2. The first-order valence-corrected chi connectivity index (χ1v) is 11.7. The maximum Gasteiger partial charge on any atom is 0.315 e. The molecule has 176 valence electrons. The van der Waals surface area contributed by atoms with Gasteiger partial charge in [0.1, 0.15) is 17.1 Å². The number of hydrogen-bond acceptors (Lipinski definition) is 6. The van der Waals surface area contributed by atoms with Gasteiger partial charge in [0.25, 0.3) is 0 Å². The molecule has 0 atom stereocenters. The predicted octanol–water partition coefficient (Wildman–Crippen LogP) is 5.12. The van der Waals surface area contributed by atoms with Crippen LogP contribution in [0.4, 0.5) is 22.7 Å². The molecular weight excluding hydrogens is 420 g/mol. The number of nitrogens with zero attached hydrogens (tertiary/aromatic N) is 2. The van der Waals surface area contributed by atoms with E-state index >= 15 is 0 Å². The number of hydrogen-bond donors (Lipinski definition) is 2. The minimum Gasteiger partial charge on any atom is -0.496 e. The number of aryl methyl sites for hydroxylation is 1. The number of amides is 1. The van der Waals surface area contributed by atoms with Gasteiger partial charge in [-0.3, -0.25) is 14.9 Å². The van der Waals surface area contributed by atoms with Crippen LogP contribution in [-0.2, 0) is 4.79 Å². The molecule has 1 amide bonds. The number of rotatable bonds is 7. The van der Waals surface area contributed by atoms with Crippen LogP contribution in [0.15, 0.2) is 36.4 Å². The first kappa shape index (κ1) is 22.9. The van der Waals surface area contributed by atoms with Crippen molar-refractivity contribution >= 4 is 28.7 Å². The highest BCUT2D eigenvalue weighted by molar-refractivity contribution is 5.92. The van der Waals surface area contributed by atoms with Crippen LogP contribution in [0.25, 0.3) is 0 Å². The maximum atomic E-state index is 12.8. The summed E-state index contributed by atoms with van der Waals surface area (Å²) in [6, 6.07) is 11.3. The number of carbonyl (C=O) groups is 1. The Kier molecular flexibility index (Phi) is 7.01. The summed E-state index contributed by atoms with van der Waals surface area (Å²) in [6.45, 7) is 3.68. The number of methoxy groups -OCH3 is 1. The van der Waals surface area contributed by atoms with E-state index in [4.69, 9.17) is 4.74 Å². The van der Waals surface area contributed by atoms with Crippen molar-refractivity contribution in [2.75, 3.05) is 35.7 Å². The minimum atomic E-state index is -0.273. The molecule has 1 heterocycles. The van der Waals surface area contributed by atoms with Gasteiger partial charge >= 0.3 is 5.69 Å². The van der Waals surface area contributed by atoms with Crippen molar-refractivity contribution in [2.24, 2.45) is 5.92 Å². The normalized spacial score (nSPS) is 20.4. The van der Waals surface area contributed by atoms with Crippen molar-refractivity contribution in [1.82, 2.24) is 0 Å². The fourth-order valence-corrected chi connectivity index (χ4v) is 4.91. The molecule has 2 aromatic carbocycles. The monoisotopic (exact) mass is 452 g/mol. The molecule has 1 aliphatic heterocycles. The third kappa shape index (κ3) is 5.21. The highest BCUT2D eigenvalue weighted by atomic mass is 16.6. The summed E-state index contributed by atoms with van der Waals surface area (Å²) < 4.78 is 5.34. The van der Waals surface area contributed by atoms with Crippen molar-refractivity contribution in [1.29, 1.82) is 0 Å². The van der Waals surface area contributed by atoms with Gasteiger partial charge in [0.15, 0.2) is 0 Å². The topological polar surface area (TPSA) is 96.7 Å². The van der Waals surface area contributed by atoms with E-state index in [1.807, 2.05) is 37.3 Å². The van der Waals surface area contributed by atoms with Crippen LogP contribution in [0.1, 0.15) is 44.1 Å². The zero-order valence-electron chi connectivity index (χ0n) is 19.3. The Morgan fingerprint density at radius 2 is 1.85 bits per heavy atom. The van der Waals surface area contributed by atoms with E-state index in [1.54, 1.807) is 13.2 Å². The van der Waals surface area contributed by atoms with Crippen molar-refractivity contribution in [2.45, 2.75) is 51.5 Å². The van der Waals surface area contributed by atoms with Crippen LogP contribution in [0.3, 0.4) is 0 Å². The maximum absolute atomic E-state index is 12.8. The molecule has 1 aliphatic carbocycles. The highest BCUT2D eigenvalue weighted by Gasteiger charge is 2.30. The molecule has 0 spiro atoms. The zero-order chi connectivity index (χ0) is 23.4. The molecule has 2 aliphatic rings. The largest absolute Gasteiger partial charge is 0.496 e. The van der Waals surface area contributed by atoms with Gasteiger partial charge in [-0.05, 0) is 69.2 Å². The highest BCUT2D eigenvalue weighted by Crippen LogP contribution is 2.38. The predicted molar refractivity (Wildman–Crippen MR) is 130 cm³/mol. The molecule has 1 saturated heterocycles. The van der Waals surface area contributed by atoms with E-state index < -0.39 is 0 Å². The van der Waals surface area contributed by atoms with Gasteiger partial charge < -0.3 is 20.3 Å². The van der Waals surface area contributed by atoms with Crippen LogP contribution in [0.2, 0.25) is 0 Å². The molecule has 0 radical (unpaired) electrons. The van der Waals surface area contributed by atoms with Crippen molar-refractivity contribution < 1.29 is 14.5 Å². The first-order chi connectivity index (χ1) is 16.0. The number of nitro groups is 1. The van der Waals surface area contributed by atoms with E-state index in [0.717, 1.165) is 68.6 Å². The second-order valence-electron chi connectivity index (χ2n) is 8.99. The Hall–Kier alpha value is -3.29. The molecule has 2 N–H and O–H groups in total. The van der Waals surface area contributed by atoms with Crippen molar-refractivity contribution in [3.8, 4) is 5.75 Å². The first-order valence-electron chi connectivity index (χ1n) is 11.7. The van der Waals surface area contributed by atoms with Gasteiger partial charge in [-0.2, -0.15) is 0 Å². The molecule has 2 fully saturated rings. The molecule has 2 aromatic rings. The summed E-state index contributed by atoms with van der Waals surface area (Å²) in [4.78, 5) is 26.5. The van der Waals surface area contributed by atoms with E-state index in [2.05, 4.69) is 15.5 Å². The van der Waals surface area contributed by atoms with E-state index in [1.165, 1.54) is 0 Å². The van der Waals surface area contributed by atoms with Crippen LogP contribution in [0.5, 0.6) is 5.75 Å². The number of nitrogens with one attached hydrogen (secondary N) is 2. The summed E-state index contributed by atoms with van der Waals surface area (Å²) in [5.41, 5.74) is 3.18. The van der Waals surface area contributed by atoms with Crippen molar-refractivity contribution in [3.63, 3.8) is 0 Å². The minimum absolute atomic E-state index is 0.0152. The molecule has 0 bridgehead atoms. The summed E-state index contributed by atoms with van der Waals surface area (Å²) in [5, 5.41) is 18.3. The van der Waals surface area contributed by atoms with E-state index in [0.29, 0.717) is 11.4 Å². The molecule has 8 nitrogen and oxygen atoms in total. The zero-order valence-corrected chi connectivity index (χ0v) is 19.3. The molecule has 33 heavy (non-hydrogen) atoms. The van der Waals surface area contributed by atoms with Crippen LogP contribution in [0, 0.1) is 23.0 Å². The number of nitro benzene ring substituents is 1. The van der Waals surface area contributed by atoms with Gasteiger partial charge in [0.05, 0.1) is 12.0 Å². The lowest BCUT2D eigenvalue weighted by atomic mass is 9.85. The molecule has 8 heteroatoms. The second-order valence-corrected chi connectivity index (χ2v) is 8.99. The summed E-state index contributed by atoms with van der Waals surface area (Å²) in [6.07, 6.45) is 5.20. The fourth-order valence-electron chi connectivity index (χ4n) is 4.91. The standard InChI is InChI=1S/C25H32N4O4/c1-17-8-11-20(16-23(17)33-2)27-25(30)18-9-12-19(13-10-18)26-21-6-5-7-22(24(21)29(31)32)28-14-3-4-15-28/h5-8,11,16,18-19,26H,3-4,9-10,12-15H2,1-2H3,(H,27,30). The quantitative estimate of drug-likeness (QED) is 0.447. The number of para-hydroxylation sites is 1. The van der Waals surface area contributed by atoms with Crippen LogP contribution >= 0.6 is 0 Å². The van der Waals surface area contributed by atoms with E-state index in [-0.39, 0.29) is 28.5 Å². The van der Waals surface area contributed by atoms with Gasteiger partial charge in [-0.1, -0.05) is 12.1 Å². The molecule has 1 saturated carbocycles. The fraction of sp³-hybridized carbons (Fsp3) is 0.480. The molecule has 4 rings (SSSR count). The number of carbonyl (C=O) groups excluding carboxylic acids is 1. The lowest BCUT2D eigenvalue weighted by molar-refractivity contribution is -0.383. The Labute approximate surface area is 194 Å². The molecule has 0 unspecified atom stereocenters. The smallest absolute Gasteiger partial charge is 0.315 e. The average Bonchev–Trinajstić information content (AvgIpc) is 3.35. The molecular formula is C25H32N4O4. The lowest BCUT2D eigenvalue weighted by Gasteiger charge is -2.29. The van der Waals surface area contributed by atoms with Crippen LogP contribution in [-0.4, -0.2) is 37.1 Å².